The molecule has 0 fully saturated rings. The van der Waals surface area contributed by atoms with E-state index >= 15 is 0 Å². The van der Waals surface area contributed by atoms with Crippen LogP contribution in [0.2, 0.25) is 0 Å². The summed E-state index contributed by atoms with van der Waals surface area (Å²) in [5.74, 6) is -0.440. The maximum Gasteiger partial charge on any atom is 0.338 e. The quantitative estimate of drug-likeness (QED) is 0.590. The Morgan fingerprint density at radius 1 is 1.06 bits per heavy atom. The van der Waals surface area contributed by atoms with E-state index in [0.29, 0.717) is 29.3 Å². The molecule has 8 nitrogen and oxygen atoms in total. The molecule has 0 aromatic heterocycles. The Labute approximate surface area is 183 Å². The molecule has 0 unspecified atom stereocenters. The number of hydrogen-bond donors (Lipinski definition) is 1. The third-order valence-corrected chi connectivity index (χ3v) is 5.74. The van der Waals surface area contributed by atoms with Crippen LogP contribution in [-0.4, -0.2) is 45.8 Å². The molecule has 0 bridgehead atoms. The van der Waals surface area contributed by atoms with E-state index in [1.807, 2.05) is 6.92 Å². The summed E-state index contributed by atoms with van der Waals surface area (Å²) in [6, 6.07) is 10.2. The van der Waals surface area contributed by atoms with E-state index < -0.39 is 27.9 Å². The molecule has 0 spiro atoms. The van der Waals surface area contributed by atoms with Crippen LogP contribution in [0.4, 0.5) is 11.4 Å². The van der Waals surface area contributed by atoms with Gasteiger partial charge in [-0.3, -0.25) is 9.10 Å². The Balaban J connectivity index is 2.30. The van der Waals surface area contributed by atoms with Crippen molar-refractivity contribution in [1.29, 1.82) is 0 Å². The zero-order valence-corrected chi connectivity index (χ0v) is 19.2. The highest BCUT2D eigenvalue weighted by atomic mass is 32.2. The standard InChI is InChI=1S/C22H28N2O6S/c1-6-29-19-12-10-18(11-13-19)24(31(5,27)28)16(4)21(25)23-20-14-17(9-8-15(20)3)22(26)30-7-2/h8-14,16H,6-7H2,1-5H3,(H,23,25)/t16-/m1/s1. The summed E-state index contributed by atoms with van der Waals surface area (Å²) in [7, 11) is -3.76. The average molecular weight is 449 g/mol. The van der Waals surface area contributed by atoms with Crippen molar-refractivity contribution in [2.75, 3.05) is 29.1 Å². The predicted octanol–water partition coefficient (Wildman–Crippen LogP) is 3.36. The third-order valence-electron chi connectivity index (χ3n) is 4.50. The first kappa shape index (κ1) is 24.2. The summed E-state index contributed by atoms with van der Waals surface area (Å²) in [6.45, 7) is 7.54. The second-order valence-corrected chi connectivity index (χ2v) is 8.76. The number of benzene rings is 2. The van der Waals surface area contributed by atoms with Crippen molar-refractivity contribution in [3.63, 3.8) is 0 Å². The van der Waals surface area contributed by atoms with E-state index in [9.17, 15) is 18.0 Å². The number of rotatable bonds is 9. The molecule has 2 aromatic rings. The van der Waals surface area contributed by atoms with Gasteiger partial charge in [0.1, 0.15) is 11.8 Å². The number of anilines is 2. The van der Waals surface area contributed by atoms with Crippen LogP contribution in [0.5, 0.6) is 5.75 Å². The first-order chi connectivity index (χ1) is 14.6. The first-order valence-electron chi connectivity index (χ1n) is 9.89. The molecule has 0 saturated heterocycles. The summed E-state index contributed by atoms with van der Waals surface area (Å²) in [5, 5.41) is 2.72. The molecule has 0 aliphatic rings. The van der Waals surface area contributed by atoms with Crippen molar-refractivity contribution in [2.45, 2.75) is 33.7 Å². The van der Waals surface area contributed by atoms with E-state index in [1.165, 1.54) is 13.0 Å². The average Bonchev–Trinajstić information content (AvgIpc) is 2.70. The normalized spacial score (nSPS) is 12.0. The number of esters is 1. The summed E-state index contributed by atoms with van der Waals surface area (Å²) in [4.78, 5) is 24.9. The fourth-order valence-electron chi connectivity index (χ4n) is 3.00. The van der Waals surface area contributed by atoms with Gasteiger partial charge in [-0.05, 0) is 69.7 Å². The molecule has 2 aromatic carbocycles. The van der Waals surface area contributed by atoms with Gasteiger partial charge in [-0.15, -0.1) is 0 Å². The fourth-order valence-corrected chi connectivity index (χ4v) is 4.17. The lowest BCUT2D eigenvalue weighted by Crippen LogP contribution is -2.45. The van der Waals surface area contributed by atoms with E-state index in [1.54, 1.807) is 50.2 Å². The van der Waals surface area contributed by atoms with Gasteiger partial charge < -0.3 is 14.8 Å². The van der Waals surface area contributed by atoms with E-state index in [-0.39, 0.29) is 6.61 Å². The number of aryl methyl sites for hydroxylation is 1. The monoisotopic (exact) mass is 448 g/mol. The van der Waals surface area contributed by atoms with Crippen LogP contribution >= 0.6 is 0 Å². The molecule has 1 atom stereocenters. The van der Waals surface area contributed by atoms with Gasteiger partial charge in [-0.1, -0.05) is 6.07 Å². The van der Waals surface area contributed by atoms with E-state index in [2.05, 4.69) is 5.32 Å². The van der Waals surface area contributed by atoms with Crippen molar-refractivity contribution in [3.8, 4) is 5.75 Å². The molecule has 9 heteroatoms. The minimum Gasteiger partial charge on any atom is -0.494 e. The highest BCUT2D eigenvalue weighted by Crippen LogP contribution is 2.25. The van der Waals surface area contributed by atoms with Crippen LogP contribution in [-0.2, 0) is 19.6 Å². The molecule has 0 aliphatic carbocycles. The number of hydrogen-bond acceptors (Lipinski definition) is 6. The zero-order valence-electron chi connectivity index (χ0n) is 18.3. The van der Waals surface area contributed by atoms with Gasteiger partial charge in [0.15, 0.2) is 0 Å². The molecule has 0 heterocycles. The second-order valence-electron chi connectivity index (χ2n) is 6.90. The Kier molecular flexibility index (Phi) is 8.04. The highest BCUT2D eigenvalue weighted by Gasteiger charge is 2.29. The molecule has 31 heavy (non-hydrogen) atoms. The molecular weight excluding hydrogens is 420 g/mol. The number of ether oxygens (including phenoxy) is 2. The summed E-state index contributed by atoms with van der Waals surface area (Å²) in [5.41, 5.74) is 1.76. The lowest BCUT2D eigenvalue weighted by Gasteiger charge is -2.28. The maximum atomic E-state index is 12.9. The predicted molar refractivity (Wildman–Crippen MR) is 120 cm³/mol. The first-order valence-corrected chi connectivity index (χ1v) is 11.7. The van der Waals surface area contributed by atoms with Gasteiger partial charge in [0, 0.05) is 5.69 Å². The molecule has 1 amide bonds. The van der Waals surface area contributed by atoms with Crippen molar-refractivity contribution >= 4 is 33.3 Å². The molecule has 168 valence electrons. The van der Waals surface area contributed by atoms with E-state index in [4.69, 9.17) is 9.47 Å². The summed E-state index contributed by atoms with van der Waals surface area (Å²) in [6.07, 6.45) is 1.04. The minimum atomic E-state index is -3.76. The van der Waals surface area contributed by atoms with E-state index in [0.717, 1.165) is 16.1 Å². The molecule has 1 N–H and O–H groups in total. The Morgan fingerprint density at radius 3 is 2.26 bits per heavy atom. The number of sulfonamides is 1. The van der Waals surface area contributed by atoms with Crippen LogP contribution in [0.25, 0.3) is 0 Å². The number of nitrogens with zero attached hydrogens (tertiary/aromatic N) is 1. The van der Waals surface area contributed by atoms with Crippen LogP contribution in [0.3, 0.4) is 0 Å². The fraction of sp³-hybridized carbons (Fsp3) is 0.364. The smallest absolute Gasteiger partial charge is 0.338 e. The molecule has 0 radical (unpaired) electrons. The Morgan fingerprint density at radius 2 is 1.71 bits per heavy atom. The van der Waals surface area contributed by atoms with Crippen molar-refractivity contribution in [2.24, 2.45) is 0 Å². The lowest BCUT2D eigenvalue weighted by atomic mass is 10.1. The Bertz CT molecular complexity index is 1030. The van der Waals surface area contributed by atoms with Gasteiger partial charge in [-0.2, -0.15) is 0 Å². The Hall–Kier alpha value is -3.07. The van der Waals surface area contributed by atoms with Gasteiger partial charge in [0.05, 0.1) is 30.7 Å². The number of amides is 1. The lowest BCUT2D eigenvalue weighted by molar-refractivity contribution is -0.116. The molecular formula is C22H28N2O6S. The SMILES string of the molecule is CCOC(=O)c1ccc(C)c(NC(=O)[C@@H](C)N(c2ccc(OCC)cc2)S(C)(=O)=O)c1. The molecule has 0 aliphatic heterocycles. The van der Waals surface area contributed by atoms with Gasteiger partial charge in [-0.25, -0.2) is 13.2 Å². The van der Waals surface area contributed by atoms with Crippen molar-refractivity contribution in [3.05, 3.63) is 53.6 Å². The summed E-state index contributed by atoms with van der Waals surface area (Å²) >= 11 is 0. The molecule has 0 saturated carbocycles. The minimum absolute atomic E-state index is 0.233. The number of carbonyl (C=O) groups is 2. The molecule has 2 rings (SSSR count). The largest absolute Gasteiger partial charge is 0.494 e. The number of nitrogens with one attached hydrogen (secondary N) is 1. The summed E-state index contributed by atoms with van der Waals surface area (Å²) < 4.78 is 36.4. The maximum absolute atomic E-state index is 12.9. The van der Waals surface area contributed by atoms with Crippen LogP contribution in [0.1, 0.15) is 36.7 Å². The van der Waals surface area contributed by atoms with Crippen molar-refractivity contribution in [1.82, 2.24) is 0 Å². The van der Waals surface area contributed by atoms with Crippen LogP contribution < -0.4 is 14.4 Å². The van der Waals surface area contributed by atoms with Gasteiger partial charge >= 0.3 is 5.97 Å². The topological polar surface area (TPSA) is 102 Å². The number of carbonyl (C=O) groups excluding carboxylic acids is 2. The third kappa shape index (κ3) is 6.21. The second kappa shape index (κ2) is 10.3. The van der Waals surface area contributed by atoms with Crippen LogP contribution in [0.15, 0.2) is 42.5 Å². The van der Waals surface area contributed by atoms with Crippen molar-refractivity contribution < 1.29 is 27.5 Å². The van der Waals surface area contributed by atoms with Gasteiger partial charge in [0.25, 0.3) is 0 Å². The highest BCUT2D eigenvalue weighted by molar-refractivity contribution is 7.92. The van der Waals surface area contributed by atoms with Gasteiger partial charge in [0.2, 0.25) is 15.9 Å². The van der Waals surface area contributed by atoms with Crippen LogP contribution in [0, 0.1) is 6.92 Å². The zero-order chi connectivity index (χ0) is 23.2.